The fraction of sp³-hybridized carbons (Fsp3) is 0.886. The van der Waals surface area contributed by atoms with Crippen LogP contribution in [0.5, 0.6) is 0 Å². The Labute approximate surface area is 285 Å². The molecule has 0 aromatic rings. The van der Waals surface area contributed by atoms with Gasteiger partial charge >= 0.3 is 5.97 Å². The molecule has 276 valence electrons. The average Bonchev–Trinajstić information content (AvgIpc) is 3.62. The summed E-state index contributed by atoms with van der Waals surface area (Å²) in [6, 6.07) is 0. The molecule has 4 aliphatic carbocycles. The Morgan fingerprint density at radius 1 is 0.878 bits per heavy atom. The Morgan fingerprint density at radius 3 is 2.27 bits per heavy atom. The third-order valence-electron chi connectivity index (χ3n) is 13.9. The van der Waals surface area contributed by atoms with Gasteiger partial charge in [-0.3, -0.25) is 0 Å². The number of fused-ring (bicyclic) bond motifs is 5. The maximum Gasteiger partial charge on any atom is 0.331 e. The van der Waals surface area contributed by atoms with Gasteiger partial charge in [-0.15, -0.1) is 0 Å². The largest absolute Gasteiger partial charge is 0.458 e. The first-order valence-corrected chi connectivity index (χ1v) is 18.0. The van der Waals surface area contributed by atoms with Crippen LogP contribution in [0.3, 0.4) is 0 Å². The van der Waals surface area contributed by atoms with Crippen molar-refractivity contribution in [2.75, 3.05) is 19.8 Å². The fourth-order valence-corrected chi connectivity index (χ4v) is 11.3. The summed E-state index contributed by atoms with van der Waals surface area (Å²) >= 11 is 0. The molecule has 7 aliphatic rings. The van der Waals surface area contributed by atoms with Crippen LogP contribution in [0.4, 0.5) is 0 Å². The highest BCUT2D eigenvalue weighted by molar-refractivity contribution is 5.85. The van der Waals surface area contributed by atoms with E-state index in [0.717, 1.165) is 18.3 Å². The molecule has 0 radical (unpaired) electrons. The van der Waals surface area contributed by atoms with Crippen LogP contribution in [0.2, 0.25) is 0 Å². The second-order valence-corrected chi connectivity index (χ2v) is 16.0. The Kier molecular flexibility index (Phi) is 9.60. The normalized spacial score (nSPS) is 52.8. The minimum Gasteiger partial charge on any atom is -0.458 e. The van der Waals surface area contributed by atoms with Crippen molar-refractivity contribution in [1.29, 1.82) is 0 Å². The molecule has 0 aromatic carbocycles. The van der Waals surface area contributed by atoms with Crippen molar-refractivity contribution in [3.05, 3.63) is 11.6 Å². The maximum absolute atomic E-state index is 13.2. The summed E-state index contributed by atoms with van der Waals surface area (Å²) in [5.74, 6) is -0.714. The van der Waals surface area contributed by atoms with Gasteiger partial charge in [0, 0.05) is 30.8 Å². The highest BCUT2D eigenvalue weighted by Crippen LogP contribution is 2.70. The number of aliphatic hydroxyl groups excluding tert-OH is 5. The van der Waals surface area contributed by atoms with Gasteiger partial charge < -0.3 is 64.2 Å². The number of aldehydes is 1. The van der Waals surface area contributed by atoms with Crippen LogP contribution in [0, 0.1) is 28.6 Å². The summed E-state index contributed by atoms with van der Waals surface area (Å²) in [5, 5.41) is 75.6. The highest BCUT2D eigenvalue weighted by atomic mass is 16.7. The lowest BCUT2D eigenvalue weighted by Gasteiger charge is -2.65. The van der Waals surface area contributed by atoms with E-state index in [1.165, 1.54) is 0 Å². The number of rotatable bonds is 8. The number of esters is 1. The lowest BCUT2D eigenvalue weighted by molar-refractivity contribution is -0.329. The van der Waals surface area contributed by atoms with Crippen molar-refractivity contribution in [2.24, 2.45) is 28.6 Å². The van der Waals surface area contributed by atoms with Crippen LogP contribution in [-0.4, -0.2) is 134 Å². The zero-order valence-electron chi connectivity index (χ0n) is 28.0. The first-order chi connectivity index (χ1) is 23.3. The van der Waals surface area contributed by atoms with Crippen LogP contribution in [0.25, 0.3) is 0 Å². The second kappa shape index (κ2) is 13.1. The molecule has 7 N–H and O–H groups in total. The predicted octanol–water partition coefficient (Wildman–Crippen LogP) is -0.395. The molecule has 3 aliphatic heterocycles. The van der Waals surface area contributed by atoms with Gasteiger partial charge in [0.15, 0.2) is 12.6 Å². The average molecular weight is 697 g/mol. The lowest BCUT2D eigenvalue weighted by Crippen LogP contribution is -2.69. The monoisotopic (exact) mass is 696 g/mol. The van der Waals surface area contributed by atoms with E-state index < -0.39 is 90.6 Å². The van der Waals surface area contributed by atoms with Crippen LogP contribution in [0.1, 0.15) is 77.6 Å². The molecule has 14 nitrogen and oxygen atoms in total. The Hall–Kier alpha value is -1.56. The van der Waals surface area contributed by atoms with Gasteiger partial charge in [0.2, 0.25) is 0 Å². The van der Waals surface area contributed by atoms with Gasteiger partial charge in [-0.2, -0.15) is 0 Å². The smallest absolute Gasteiger partial charge is 0.331 e. The minimum atomic E-state index is -1.36. The molecular weight excluding hydrogens is 644 g/mol. The van der Waals surface area contributed by atoms with Crippen molar-refractivity contribution in [3.63, 3.8) is 0 Å². The van der Waals surface area contributed by atoms with Crippen LogP contribution in [0.15, 0.2) is 11.6 Å². The second-order valence-electron chi connectivity index (χ2n) is 16.0. The number of hydrogen-bond donors (Lipinski definition) is 7. The number of ether oxygens (including phenoxy) is 5. The Balaban J connectivity index is 1.01. The zero-order chi connectivity index (χ0) is 34.9. The van der Waals surface area contributed by atoms with Crippen LogP contribution >= 0.6 is 0 Å². The minimum absolute atomic E-state index is 0.0131. The highest BCUT2D eigenvalue weighted by Gasteiger charge is 2.71. The molecule has 0 spiro atoms. The topological polar surface area (TPSA) is 222 Å². The van der Waals surface area contributed by atoms with E-state index in [2.05, 4.69) is 6.92 Å². The third-order valence-corrected chi connectivity index (χ3v) is 13.9. The molecule has 16 atom stereocenters. The van der Waals surface area contributed by atoms with Crippen LogP contribution < -0.4 is 0 Å². The Bertz CT molecular complexity index is 1290. The standard InChI is InChI=1S/C35H52O14/c1-32-6-3-21-22(35(32,44)9-5-20(32)18-10-27(41)45-16-18)4-8-34(43)13-19(2-7-33(21,34)17-38)46-28-12-24(40)31(26(15-37)48-28)49-29-11-23(39)30(42)25(14-36)47-29/h10,17,19-26,28-31,36-37,39-40,42-44H,2-9,11-16H2,1H3/t19-,20+,21-,22+,23+,24+,25+,26+,28+,29-,30-,31-,32+,33-,34-,35-/m0/s1. The van der Waals surface area contributed by atoms with Gasteiger partial charge in [0.25, 0.3) is 0 Å². The van der Waals surface area contributed by atoms with Crippen molar-refractivity contribution < 1.29 is 69.0 Å². The zero-order valence-corrected chi connectivity index (χ0v) is 28.0. The number of cyclic esters (lactones) is 1. The summed E-state index contributed by atoms with van der Waals surface area (Å²) in [6.45, 7) is 1.31. The molecule has 7 rings (SSSR count). The number of carbonyl (C=O) groups excluding carboxylic acids is 2. The van der Waals surface area contributed by atoms with E-state index in [1.807, 2.05) is 0 Å². The molecule has 49 heavy (non-hydrogen) atoms. The Morgan fingerprint density at radius 2 is 1.57 bits per heavy atom. The van der Waals surface area contributed by atoms with Crippen LogP contribution in [-0.2, 0) is 33.3 Å². The van der Waals surface area contributed by atoms with Gasteiger partial charge in [0.05, 0.1) is 48.1 Å². The summed E-state index contributed by atoms with van der Waals surface area (Å²) in [4.78, 5) is 25.0. The molecule has 14 heteroatoms. The molecule has 4 saturated carbocycles. The summed E-state index contributed by atoms with van der Waals surface area (Å²) < 4.78 is 28.9. The van der Waals surface area contributed by atoms with E-state index in [9.17, 15) is 45.3 Å². The van der Waals surface area contributed by atoms with E-state index in [0.29, 0.717) is 44.9 Å². The molecular formula is C35H52O14. The first-order valence-electron chi connectivity index (χ1n) is 18.0. The molecule has 0 bridgehead atoms. The summed E-state index contributed by atoms with van der Waals surface area (Å²) in [5.41, 5.74) is -2.99. The lowest BCUT2D eigenvalue weighted by atomic mass is 9.41. The van der Waals surface area contributed by atoms with E-state index in [-0.39, 0.29) is 49.6 Å². The van der Waals surface area contributed by atoms with Gasteiger partial charge in [0.1, 0.15) is 37.3 Å². The summed E-state index contributed by atoms with van der Waals surface area (Å²) in [6.07, 6.45) is -2.37. The third kappa shape index (κ3) is 5.65. The van der Waals surface area contributed by atoms with Gasteiger partial charge in [-0.05, 0) is 74.7 Å². The van der Waals surface area contributed by atoms with E-state index in [4.69, 9.17) is 23.7 Å². The van der Waals surface area contributed by atoms with Gasteiger partial charge in [-0.1, -0.05) is 6.92 Å². The van der Waals surface area contributed by atoms with E-state index in [1.54, 1.807) is 6.08 Å². The van der Waals surface area contributed by atoms with Crippen molar-refractivity contribution in [1.82, 2.24) is 0 Å². The first kappa shape index (κ1) is 35.8. The maximum atomic E-state index is 13.2. The number of aliphatic hydroxyl groups is 7. The predicted molar refractivity (Wildman–Crippen MR) is 166 cm³/mol. The van der Waals surface area contributed by atoms with Crippen molar-refractivity contribution in [3.8, 4) is 0 Å². The fourth-order valence-electron chi connectivity index (χ4n) is 11.3. The molecule has 0 amide bonds. The number of hydrogen-bond acceptors (Lipinski definition) is 14. The molecule has 0 unspecified atom stereocenters. The quantitative estimate of drug-likeness (QED) is 0.0976. The SMILES string of the molecule is C[C@]12CC[C@H]3[C@@H](CC[C@]4(O)C[C@@H](O[C@H]5C[C@@H](O)[C@H](O[C@H]6C[C@@H](O)[C@H](O)[C@@H](CO)O6)[C@@H](CO)O5)CC[C@]34C=O)[C@@]1(O)CC[C@@H]2C1=CC(=O)OC1. The molecule has 2 saturated heterocycles. The molecule has 0 aromatic heterocycles. The molecule has 6 fully saturated rings. The molecule has 3 heterocycles. The van der Waals surface area contributed by atoms with Crippen molar-refractivity contribution >= 4 is 12.3 Å². The number of carbonyl (C=O) groups is 2. The summed E-state index contributed by atoms with van der Waals surface area (Å²) in [7, 11) is 0. The van der Waals surface area contributed by atoms with E-state index >= 15 is 0 Å². The van der Waals surface area contributed by atoms with Crippen molar-refractivity contribution in [2.45, 2.75) is 144 Å². The van der Waals surface area contributed by atoms with Gasteiger partial charge in [-0.25, -0.2) is 4.79 Å².